The molecule has 2 aromatic rings. The summed E-state index contributed by atoms with van der Waals surface area (Å²) in [5, 5.41) is 9.20. The van der Waals surface area contributed by atoms with Gasteiger partial charge in [-0.05, 0) is 35.9 Å². The maximum atomic E-state index is 12.3. The first-order chi connectivity index (χ1) is 9.42. The minimum atomic E-state index is -3.58. The highest BCUT2D eigenvalue weighted by molar-refractivity contribution is 7.90. The van der Waals surface area contributed by atoms with Crippen LogP contribution in [0.3, 0.4) is 0 Å². The van der Waals surface area contributed by atoms with E-state index < -0.39 is 9.84 Å². The van der Waals surface area contributed by atoms with Gasteiger partial charge in [-0.3, -0.25) is 0 Å². The van der Waals surface area contributed by atoms with Crippen molar-refractivity contribution >= 4 is 27.1 Å². The van der Waals surface area contributed by atoms with Gasteiger partial charge in [0.05, 0.1) is 28.0 Å². The summed E-state index contributed by atoms with van der Waals surface area (Å²) >= 11 is 5.76. The van der Waals surface area contributed by atoms with Gasteiger partial charge in [0.25, 0.3) is 0 Å². The number of benzene rings is 2. The molecule has 0 unspecified atom stereocenters. The highest BCUT2D eigenvalue weighted by atomic mass is 35.5. The number of nitrogens with zero attached hydrogens (tertiary/aromatic N) is 1. The number of nitrogen functional groups attached to an aromatic ring is 1. The van der Waals surface area contributed by atoms with E-state index in [2.05, 4.69) is 0 Å². The third-order valence-electron chi connectivity index (χ3n) is 2.72. The smallest absolute Gasteiger partial charge is 0.184 e. The number of sulfone groups is 1. The van der Waals surface area contributed by atoms with Crippen molar-refractivity contribution in [3.63, 3.8) is 0 Å². The molecule has 0 bridgehead atoms. The molecule has 0 aliphatic carbocycles. The van der Waals surface area contributed by atoms with Crippen LogP contribution in [0.5, 0.6) is 0 Å². The van der Waals surface area contributed by atoms with E-state index >= 15 is 0 Å². The Hall–Kier alpha value is -2.03. The Morgan fingerprint density at radius 1 is 1.20 bits per heavy atom. The molecule has 2 rings (SSSR count). The molecule has 0 heterocycles. The summed E-state index contributed by atoms with van der Waals surface area (Å²) in [4.78, 5) is 0.0456. The zero-order valence-corrected chi connectivity index (χ0v) is 11.9. The number of anilines is 1. The first kappa shape index (κ1) is 14.4. The maximum absolute atomic E-state index is 12.3. The zero-order chi connectivity index (χ0) is 14.8. The van der Waals surface area contributed by atoms with Crippen LogP contribution in [0.2, 0.25) is 5.02 Å². The fourth-order valence-electron chi connectivity index (χ4n) is 1.83. The van der Waals surface area contributed by atoms with Gasteiger partial charge < -0.3 is 5.73 Å². The lowest BCUT2D eigenvalue weighted by molar-refractivity contribution is 0.595. The molecule has 2 N–H and O–H groups in total. The first-order valence-electron chi connectivity index (χ1n) is 5.69. The zero-order valence-electron chi connectivity index (χ0n) is 10.4. The Bertz CT molecular complexity index is 795. The molecule has 0 aromatic heterocycles. The van der Waals surface area contributed by atoms with Crippen LogP contribution in [0.15, 0.2) is 47.4 Å². The van der Waals surface area contributed by atoms with Crippen molar-refractivity contribution in [1.82, 2.24) is 0 Å². The van der Waals surface area contributed by atoms with Crippen LogP contribution in [0.4, 0.5) is 5.69 Å². The van der Waals surface area contributed by atoms with E-state index in [9.17, 15) is 8.42 Å². The van der Waals surface area contributed by atoms with Gasteiger partial charge in [0.2, 0.25) is 0 Å². The highest BCUT2D eigenvalue weighted by Crippen LogP contribution is 2.25. The van der Waals surface area contributed by atoms with Crippen LogP contribution in [-0.2, 0) is 15.6 Å². The minimum Gasteiger partial charge on any atom is -0.398 e. The molecule has 6 heteroatoms. The molecule has 0 radical (unpaired) electrons. The largest absolute Gasteiger partial charge is 0.398 e. The van der Waals surface area contributed by atoms with Crippen molar-refractivity contribution in [2.24, 2.45) is 0 Å². The van der Waals surface area contributed by atoms with Crippen LogP contribution in [0.25, 0.3) is 0 Å². The normalized spacial score (nSPS) is 11.0. The third kappa shape index (κ3) is 3.10. The van der Waals surface area contributed by atoms with Gasteiger partial charge in [0.1, 0.15) is 0 Å². The SMILES string of the molecule is N#Cc1cccc(CS(=O)(=O)c2ccc(Cl)cc2N)c1. The van der Waals surface area contributed by atoms with Crippen LogP contribution < -0.4 is 5.73 Å². The van der Waals surface area contributed by atoms with Crippen LogP contribution >= 0.6 is 11.6 Å². The van der Waals surface area contributed by atoms with Gasteiger partial charge >= 0.3 is 0 Å². The quantitative estimate of drug-likeness (QED) is 0.884. The molecular formula is C14H11ClN2O2S. The molecule has 0 saturated carbocycles. The molecule has 0 saturated heterocycles. The Morgan fingerprint density at radius 3 is 2.60 bits per heavy atom. The van der Waals surface area contributed by atoms with Crippen molar-refractivity contribution in [3.8, 4) is 6.07 Å². The Kier molecular flexibility index (Phi) is 3.98. The minimum absolute atomic E-state index is 0.0456. The van der Waals surface area contributed by atoms with E-state index in [1.54, 1.807) is 24.3 Å². The van der Waals surface area contributed by atoms with Crippen LogP contribution in [-0.4, -0.2) is 8.42 Å². The van der Waals surface area contributed by atoms with Gasteiger partial charge in [-0.25, -0.2) is 8.42 Å². The van der Waals surface area contributed by atoms with E-state index in [0.29, 0.717) is 16.1 Å². The van der Waals surface area contributed by atoms with Gasteiger partial charge in [0, 0.05) is 5.02 Å². The molecular weight excluding hydrogens is 296 g/mol. The Morgan fingerprint density at radius 2 is 1.95 bits per heavy atom. The third-order valence-corrected chi connectivity index (χ3v) is 4.71. The molecule has 0 aliphatic heterocycles. The van der Waals surface area contributed by atoms with E-state index in [0.717, 1.165) is 0 Å². The predicted octanol–water partition coefficient (Wildman–Crippen LogP) is 2.77. The predicted molar refractivity (Wildman–Crippen MR) is 77.9 cm³/mol. The molecule has 0 atom stereocenters. The lowest BCUT2D eigenvalue weighted by atomic mass is 10.2. The van der Waals surface area contributed by atoms with Crippen molar-refractivity contribution in [1.29, 1.82) is 5.26 Å². The first-order valence-corrected chi connectivity index (χ1v) is 7.72. The number of halogens is 1. The lowest BCUT2D eigenvalue weighted by Gasteiger charge is -2.08. The number of hydrogen-bond donors (Lipinski definition) is 1. The van der Waals surface area contributed by atoms with Crippen LogP contribution in [0, 0.1) is 11.3 Å². The number of hydrogen-bond acceptors (Lipinski definition) is 4. The topological polar surface area (TPSA) is 84.0 Å². The van der Waals surface area contributed by atoms with Gasteiger partial charge in [0.15, 0.2) is 9.84 Å². The number of nitriles is 1. The van der Waals surface area contributed by atoms with E-state index in [-0.39, 0.29) is 16.3 Å². The fraction of sp³-hybridized carbons (Fsp3) is 0.0714. The molecule has 20 heavy (non-hydrogen) atoms. The fourth-order valence-corrected chi connectivity index (χ4v) is 3.48. The second-order valence-corrected chi connectivity index (χ2v) is 6.65. The van der Waals surface area contributed by atoms with E-state index in [1.165, 1.54) is 18.2 Å². The average Bonchev–Trinajstić information content (AvgIpc) is 2.37. The van der Waals surface area contributed by atoms with Crippen LogP contribution in [0.1, 0.15) is 11.1 Å². The molecule has 102 valence electrons. The monoisotopic (exact) mass is 306 g/mol. The Balaban J connectivity index is 2.38. The molecule has 0 fully saturated rings. The van der Waals surface area contributed by atoms with Crippen molar-refractivity contribution in [3.05, 3.63) is 58.6 Å². The molecule has 0 aliphatic rings. The van der Waals surface area contributed by atoms with Crippen molar-refractivity contribution in [2.45, 2.75) is 10.6 Å². The summed E-state index contributed by atoms with van der Waals surface area (Å²) in [5.41, 5.74) is 6.78. The van der Waals surface area contributed by atoms with E-state index in [4.69, 9.17) is 22.6 Å². The Labute approximate surface area is 122 Å². The number of nitrogens with two attached hydrogens (primary N) is 1. The summed E-state index contributed by atoms with van der Waals surface area (Å²) in [6.45, 7) is 0. The summed E-state index contributed by atoms with van der Waals surface area (Å²) in [5.74, 6) is -0.214. The second-order valence-electron chi connectivity index (χ2n) is 4.25. The summed E-state index contributed by atoms with van der Waals surface area (Å²) in [6, 6.07) is 12.7. The molecule has 4 nitrogen and oxygen atoms in total. The van der Waals surface area contributed by atoms with Gasteiger partial charge in [-0.2, -0.15) is 5.26 Å². The van der Waals surface area contributed by atoms with Crippen molar-refractivity contribution < 1.29 is 8.42 Å². The molecule has 0 spiro atoms. The highest BCUT2D eigenvalue weighted by Gasteiger charge is 2.18. The van der Waals surface area contributed by atoms with Gasteiger partial charge in [-0.1, -0.05) is 23.7 Å². The standard InChI is InChI=1S/C14H11ClN2O2S/c15-12-4-5-14(13(17)7-12)20(18,19)9-11-3-1-2-10(6-11)8-16/h1-7H,9,17H2. The molecule has 0 amide bonds. The average molecular weight is 307 g/mol. The summed E-state index contributed by atoms with van der Waals surface area (Å²) in [6.07, 6.45) is 0. The maximum Gasteiger partial charge on any atom is 0.184 e. The summed E-state index contributed by atoms with van der Waals surface area (Å²) in [7, 11) is -3.58. The van der Waals surface area contributed by atoms with E-state index in [1.807, 2.05) is 6.07 Å². The lowest BCUT2D eigenvalue weighted by Crippen LogP contribution is -2.08. The number of rotatable bonds is 3. The second kappa shape index (κ2) is 5.53. The van der Waals surface area contributed by atoms with Gasteiger partial charge in [-0.15, -0.1) is 0 Å². The molecule has 2 aromatic carbocycles. The van der Waals surface area contributed by atoms with Crippen molar-refractivity contribution in [2.75, 3.05) is 5.73 Å². The summed E-state index contributed by atoms with van der Waals surface area (Å²) < 4.78 is 24.7.